The van der Waals surface area contributed by atoms with E-state index in [4.69, 9.17) is 11.6 Å². The van der Waals surface area contributed by atoms with E-state index in [-0.39, 0.29) is 10.8 Å². The van der Waals surface area contributed by atoms with Crippen LogP contribution in [-0.2, 0) is 0 Å². The van der Waals surface area contributed by atoms with Gasteiger partial charge in [-0.25, -0.2) is 4.39 Å². The van der Waals surface area contributed by atoms with Crippen LogP contribution in [-0.4, -0.2) is 0 Å². The first-order chi connectivity index (χ1) is 13.7. The molecular formula is C26H36ClF. The molecule has 0 spiro atoms. The molecule has 1 atom stereocenters. The predicted molar refractivity (Wildman–Crippen MR) is 120 cm³/mol. The smallest absolute Gasteiger partial charge is 0.142 e. The Balaban J connectivity index is 1.38. The van der Waals surface area contributed by atoms with Gasteiger partial charge in [-0.1, -0.05) is 101 Å². The van der Waals surface area contributed by atoms with Gasteiger partial charge >= 0.3 is 0 Å². The second-order valence-electron chi connectivity index (χ2n) is 8.88. The lowest BCUT2D eigenvalue weighted by Gasteiger charge is -2.33. The lowest BCUT2D eigenvalue weighted by molar-refractivity contribution is 0.218. The summed E-state index contributed by atoms with van der Waals surface area (Å²) < 4.78 is 13.7. The summed E-state index contributed by atoms with van der Waals surface area (Å²) in [7, 11) is 0. The van der Waals surface area contributed by atoms with Crippen molar-refractivity contribution >= 4 is 17.2 Å². The molecule has 154 valence electrons. The normalized spacial score (nSPS) is 25.0. The Bertz CT molecular complexity index is 667. The first kappa shape index (κ1) is 21.6. The minimum atomic E-state index is -0.334. The molecule has 1 aromatic rings. The quantitative estimate of drug-likeness (QED) is 0.361. The number of hydrogen-bond donors (Lipinski definition) is 0. The van der Waals surface area contributed by atoms with Crippen LogP contribution in [0.25, 0.3) is 5.57 Å². The van der Waals surface area contributed by atoms with Crippen molar-refractivity contribution in [3.8, 4) is 0 Å². The van der Waals surface area contributed by atoms with E-state index in [0.29, 0.717) is 5.92 Å². The van der Waals surface area contributed by atoms with E-state index < -0.39 is 0 Å². The lowest BCUT2D eigenvalue weighted by Crippen LogP contribution is -2.21. The minimum absolute atomic E-state index is 0.194. The van der Waals surface area contributed by atoms with Gasteiger partial charge in [0, 0.05) is 0 Å². The van der Waals surface area contributed by atoms with Crippen LogP contribution in [0.2, 0.25) is 5.02 Å². The van der Waals surface area contributed by atoms with E-state index in [2.05, 4.69) is 25.2 Å². The fraction of sp³-hybridized carbons (Fsp3) is 0.615. The zero-order valence-corrected chi connectivity index (χ0v) is 18.2. The molecule has 2 heteroatoms. The monoisotopic (exact) mass is 402 g/mol. The predicted octanol–water partition coefficient (Wildman–Crippen LogP) is 9.00. The van der Waals surface area contributed by atoms with Gasteiger partial charge in [-0.15, -0.1) is 0 Å². The van der Waals surface area contributed by atoms with Crippen LogP contribution in [0.5, 0.6) is 0 Å². The summed E-state index contributed by atoms with van der Waals surface area (Å²) in [5, 5.41) is 0.194. The van der Waals surface area contributed by atoms with Gasteiger partial charge in [-0.2, -0.15) is 0 Å². The summed E-state index contributed by atoms with van der Waals surface area (Å²) in [6.07, 6.45) is 23.5. The molecule has 28 heavy (non-hydrogen) atoms. The van der Waals surface area contributed by atoms with Gasteiger partial charge in [0.2, 0.25) is 0 Å². The average Bonchev–Trinajstić information content (AvgIpc) is 2.73. The molecule has 1 fully saturated rings. The van der Waals surface area contributed by atoms with Crippen LogP contribution in [0.3, 0.4) is 0 Å². The fourth-order valence-corrected chi connectivity index (χ4v) is 5.11. The summed E-state index contributed by atoms with van der Waals surface area (Å²) in [5.41, 5.74) is 2.06. The van der Waals surface area contributed by atoms with Crippen LogP contribution in [0.1, 0.15) is 89.5 Å². The van der Waals surface area contributed by atoms with Crippen molar-refractivity contribution in [2.75, 3.05) is 0 Å². The van der Waals surface area contributed by atoms with E-state index >= 15 is 0 Å². The maximum absolute atomic E-state index is 13.7. The molecule has 0 nitrogen and oxygen atoms in total. The highest BCUT2D eigenvalue weighted by atomic mass is 35.5. The third-order valence-electron chi connectivity index (χ3n) is 6.85. The maximum Gasteiger partial charge on any atom is 0.142 e. The summed E-state index contributed by atoms with van der Waals surface area (Å²) in [4.78, 5) is 0. The van der Waals surface area contributed by atoms with Crippen molar-refractivity contribution in [3.63, 3.8) is 0 Å². The first-order valence-electron chi connectivity index (χ1n) is 11.5. The van der Waals surface area contributed by atoms with Crippen molar-refractivity contribution in [2.45, 2.75) is 84.0 Å². The average molecular weight is 403 g/mol. The number of unbranched alkanes of at least 4 members (excludes halogenated alkanes) is 5. The molecule has 2 aliphatic rings. The fourth-order valence-electron chi connectivity index (χ4n) is 4.99. The molecule has 0 N–H and O–H groups in total. The van der Waals surface area contributed by atoms with Crippen LogP contribution in [0, 0.1) is 23.6 Å². The molecule has 0 saturated heterocycles. The zero-order valence-electron chi connectivity index (χ0n) is 17.4. The summed E-state index contributed by atoms with van der Waals surface area (Å²) in [5.74, 6) is 2.13. The lowest BCUT2D eigenvalue weighted by atomic mass is 9.72. The Hall–Kier alpha value is -1.08. The first-order valence-corrected chi connectivity index (χ1v) is 11.9. The highest BCUT2D eigenvalue weighted by Gasteiger charge is 2.26. The van der Waals surface area contributed by atoms with E-state index in [1.807, 2.05) is 6.07 Å². The van der Waals surface area contributed by atoms with Gasteiger partial charge in [0.25, 0.3) is 0 Å². The number of hydrogen-bond acceptors (Lipinski definition) is 0. The topological polar surface area (TPSA) is 0 Å². The third kappa shape index (κ3) is 6.21. The standard InChI is InChI=1S/C26H36ClF/c1-2-3-4-5-6-7-8-20-9-11-21(12-10-20)22-13-15-23(16-14-22)24-17-18-25(27)26(28)19-24/h13,15-22H,2-12,14H2,1H3. The Morgan fingerprint density at radius 2 is 1.75 bits per heavy atom. The summed E-state index contributed by atoms with van der Waals surface area (Å²) in [6.45, 7) is 2.29. The van der Waals surface area contributed by atoms with Crippen molar-refractivity contribution in [3.05, 3.63) is 52.8 Å². The Labute approximate surface area is 176 Å². The Morgan fingerprint density at radius 1 is 1.00 bits per heavy atom. The van der Waals surface area contributed by atoms with Crippen LogP contribution in [0.15, 0.2) is 36.4 Å². The van der Waals surface area contributed by atoms with Crippen molar-refractivity contribution in [1.29, 1.82) is 0 Å². The molecule has 1 saturated carbocycles. The van der Waals surface area contributed by atoms with Gasteiger partial charge in [-0.05, 0) is 60.3 Å². The molecular weight excluding hydrogens is 367 g/mol. The SMILES string of the molecule is CCCCCCCCC1CCC(C2C=CC(c3ccc(Cl)c(F)c3)=CC2)CC1. The van der Waals surface area contributed by atoms with E-state index in [9.17, 15) is 4.39 Å². The molecule has 1 unspecified atom stereocenters. The summed E-state index contributed by atoms with van der Waals surface area (Å²) >= 11 is 5.80. The Morgan fingerprint density at radius 3 is 2.43 bits per heavy atom. The molecule has 1 aromatic carbocycles. The van der Waals surface area contributed by atoms with Crippen LogP contribution < -0.4 is 0 Å². The number of benzene rings is 1. The number of halogens is 2. The van der Waals surface area contributed by atoms with E-state index in [1.54, 1.807) is 12.1 Å². The van der Waals surface area contributed by atoms with Gasteiger partial charge in [-0.3, -0.25) is 0 Å². The molecule has 0 aromatic heterocycles. The van der Waals surface area contributed by atoms with E-state index in [1.165, 1.54) is 70.6 Å². The zero-order chi connectivity index (χ0) is 19.8. The molecule has 0 aliphatic heterocycles. The van der Waals surface area contributed by atoms with Crippen LogP contribution >= 0.6 is 11.6 Å². The highest BCUT2D eigenvalue weighted by molar-refractivity contribution is 6.30. The summed E-state index contributed by atoms with van der Waals surface area (Å²) in [6, 6.07) is 5.11. The molecule has 0 bridgehead atoms. The van der Waals surface area contributed by atoms with Crippen molar-refractivity contribution < 1.29 is 4.39 Å². The van der Waals surface area contributed by atoms with E-state index in [0.717, 1.165) is 29.4 Å². The van der Waals surface area contributed by atoms with Crippen LogP contribution in [0.4, 0.5) is 4.39 Å². The van der Waals surface area contributed by atoms with Crippen molar-refractivity contribution in [2.24, 2.45) is 17.8 Å². The number of rotatable bonds is 9. The van der Waals surface area contributed by atoms with Gasteiger partial charge in [0.05, 0.1) is 5.02 Å². The second kappa shape index (κ2) is 11.2. The number of allylic oxidation sites excluding steroid dienone is 4. The third-order valence-corrected chi connectivity index (χ3v) is 7.16. The molecule has 0 radical (unpaired) electrons. The van der Waals surface area contributed by atoms with Gasteiger partial charge in [0.15, 0.2) is 0 Å². The molecule has 2 aliphatic carbocycles. The van der Waals surface area contributed by atoms with Gasteiger partial charge in [0.1, 0.15) is 5.82 Å². The molecule has 3 rings (SSSR count). The highest BCUT2D eigenvalue weighted by Crippen LogP contribution is 2.39. The van der Waals surface area contributed by atoms with Gasteiger partial charge < -0.3 is 0 Å². The Kier molecular flexibility index (Phi) is 8.65. The maximum atomic E-state index is 13.7. The van der Waals surface area contributed by atoms with Crippen molar-refractivity contribution in [1.82, 2.24) is 0 Å². The largest absolute Gasteiger partial charge is 0.205 e. The molecule has 0 amide bonds. The minimum Gasteiger partial charge on any atom is -0.205 e. The molecule has 0 heterocycles. The second-order valence-corrected chi connectivity index (χ2v) is 9.29.